The van der Waals surface area contributed by atoms with Crippen LogP contribution >= 0.6 is 0 Å². The summed E-state index contributed by atoms with van der Waals surface area (Å²) in [6.07, 6.45) is -8.99. The first-order valence-electron chi connectivity index (χ1n) is 13.9. The van der Waals surface area contributed by atoms with Crippen molar-refractivity contribution >= 4 is 32.3 Å². The average molecular weight is 593 g/mol. The Labute approximate surface area is 248 Å². The molecule has 0 nitrogen and oxygen atoms in total. The Bertz CT molecular complexity index is 2190. The van der Waals surface area contributed by atoms with E-state index in [1.807, 2.05) is 72.8 Å². The van der Waals surface area contributed by atoms with Gasteiger partial charge in [-0.15, -0.1) is 0 Å². The SMILES string of the molecule is FC(F)(F)c1ccc(-c2c3ccccc3c(-c3ccc4ccccc4c3)c3ccc(-c4cccc(C(F)(F)F)c4)cc23)cc1. The van der Waals surface area contributed by atoms with E-state index in [0.29, 0.717) is 22.3 Å². The van der Waals surface area contributed by atoms with Gasteiger partial charge in [0.1, 0.15) is 0 Å². The van der Waals surface area contributed by atoms with Gasteiger partial charge in [-0.2, -0.15) is 26.3 Å². The summed E-state index contributed by atoms with van der Waals surface area (Å²) in [4.78, 5) is 0. The number of hydrogen-bond acceptors (Lipinski definition) is 0. The van der Waals surface area contributed by atoms with Crippen LogP contribution in [0, 0.1) is 0 Å². The smallest absolute Gasteiger partial charge is 0.166 e. The van der Waals surface area contributed by atoms with Gasteiger partial charge in [0.2, 0.25) is 0 Å². The van der Waals surface area contributed by atoms with E-state index >= 15 is 0 Å². The van der Waals surface area contributed by atoms with Crippen LogP contribution in [0.4, 0.5) is 26.3 Å². The highest BCUT2D eigenvalue weighted by Crippen LogP contribution is 2.46. The summed E-state index contributed by atoms with van der Waals surface area (Å²) in [6, 6.07) is 37.6. The second-order valence-electron chi connectivity index (χ2n) is 10.8. The lowest BCUT2D eigenvalue weighted by Gasteiger charge is -2.19. The lowest BCUT2D eigenvalue weighted by molar-refractivity contribution is -0.138. The minimum absolute atomic E-state index is 0.389. The van der Waals surface area contributed by atoms with Crippen LogP contribution in [-0.2, 0) is 12.4 Å². The molecular weight excluding hydrogens is 570 g/mol. The first-order chi connectivity index (χ1) is 21.1. The number of halogens is 6. The van der Waals surface area contributed by atoms with Crippen molar-refractivity contribution in [2.45, 2.75) is 12.4 Å². The maximum atomic E-state index is 13.6. The highest BCUT2D eigenvalue weighted by molar-refractivity contribution is 6.22. The lowest BCUT2D eigenvalue weighted by Crippen LogP contribution is -2.04. The van der Waals surface area contributed by atoms with Crippen molar-refractivity contribution in [3.63, 3.8) is 0 Å². The van der Waals surface area contributed by atoms with Crippen molar-refractivity contribution in [1.82, 2.24) is 0 Å². The molecule has 0 N–H and O–H groups in total. The van der Waals surface area contributed by atoms with E-state index in [-0.39, 0.29) is 0 Å². The van der Waals surface area contributed by atoms with E-state index < -0.39 is 23.5 Å². The van der Waals surface area contributed by atoms with E-state index in [9.17, 15) is 26.3 Å². The molecule has 0 heterocycles. The molecule has 6 heteroatoms. The van der Waals surface area contributed by atoms with Crippen molar-refractivity contribution < 1.29 is 26.3 Å². The molecule has 0 saturated carbocycles. The minimum atomic E-state index is -4.50. The van der Waals surface area contributed by atoms with E-state index in [4.69, 9.17) is 0 Å². The highest BCUT2D eigenvalue weighted by atomic mass is 19.4. The Morgan fingerprint density at radius 3 is 1.55 bits per heavy atom. The van der Waals surface area contributed by atoms with Gasteiger partial charge >= 0.3 is 12.4 Å². The average Bonchev–Trinajstić information content (AvgIpc) is 3.02. The van der Waals surface area contributed by atoms with Crippen molar-refractivity contribution in [3.8, 4) is 33.4 Å². The first-order valence-corrected chi connectivity index (χ1v) is 13.9. The van der Waals surface area contributed by atoms with Crippen LogP contribution < -0.4 is 0 Å². The zero-order chi connectivity index (χ0) is 30.6. The normalized spacial score (nSPS) is 12.3. The van der Waals surface area contributed by atoms with Crippen molar-refractivity contribution in [2.75, 3.05) is 0 Å². The molecule has 0 aliphatic heterocycles. The van der Waals surface area contributed by atoms with Gasteiger partial charge in [-0.25, -0.2) is 0 Å². The highest BCUT2D eigenvalue weighted by Gasteiger charge is 2.31. The van der Waals surface area contributed by atoms with E-state index in [0.717, 1.165) is 67.7 Å². The molecule has 0 aliphatic rings. The zero-order valence-electron chi connectivity index (χ0n) is 23.0. The maximum absolute atomic E-state index is 13.6. The Morgan fingerprint density at radius 2 is 0.864 bits per heavy atom. The molecule has 0 amide bonds. The Hall–Kier alpha value is -5.10. The number of rotatable bonds is 3. The fraction of sp³-hybridized carbons (Fsp3) is 0.0526. The molecule has 0 aromatic heterocycles. The monoisotopic (exact) mass is 592 g/mol. The van der Waals surface area contributed by atoms with Gasteiger partial charge in [0.15, 0.2) is 0 Å². The summed E-state index contributed by atoms with van der Waals surface area (Å²) in [5, 5.41) is 5.43. The molecule has 216 valence electrons. The van der Waals surface area contributed by atoms with Crippen LogP contribution in [0.5, 0.6) is 0 Å². The standard InChI is InChI=1S/C38H22F6/c39-37(40,41)29-17-14-24(15-18-29)35-31-10-3-4-11-32(31)36(28-13-12-23-6-1-2-7-25(23)20-28)33-19-16-27(22-34(33)35)26-8-5-9-30(21-26)38(42,43)44/h1-22H. The molecule has 7 rings (SSSR count). The van der Waals surface area contributed by atoms with Crippen molar-refractivity contribution in [3.05, 3.63) is 145 Å². The second kappa shape index (κ2) is 10.3. The van der Waals surface area contributed by atoms with Crippen LogP contribution in [0.25, 0.3) is 65.7 Å². The third kappa shape index (κ3) is 4.86. The van der Waals surface area contributed by atoms with Crippen molar-refractivity contribution in [2.24, 2.45) is 0 Å². The van der Waals surface area contributed by atoms with Gasteiger partial charge < -0.3 is 0 Å². The van der Waals surface area contributed by atoms with Gasteiger partial charge in [-0.05, 0) is 102 Å². The quantitative estimate of drug-likeness (QED) is 0.141. The molecule has 0 aliphatic carbocycles. The largest absolute Gasteiger partial charge is 0.416 e. The van der Waals surface area contributed by atoms with E-state index in [1.54, 1.807) is 12.1 Å². The Morgan fingerprint density at radius 1 is 0.318 bits per heavy atom. The molecule has 44 heavy (non-hydrogen) atoms. The summed E-state index contributed by atoms with van der Waals surface area (Å²) in [5.41, 5.74) is 2.62. The van der Waals surface area contributed by atoms with Gasteiger partial charge in [0, 0.05) is 0 Å². The molecular formula is C38H22F6. The predicted molar refractivity (Wildman–Crippen MR) is 165 cm³/mol. The number of fused-ring (bicyclic) bond motifs is 3. The lowest BCUT2D eigenvalue weighted by atomic mass is 9.84. The van der Waals surface area contributed by atoms with Gasteiger partial charge in [-0.3, -0.25) is 0 Å². The first kappa shape index (κ1) is 27.7. The van der Waals surface area contributed by atoms with Gasteiger partial charge in [-0.1, -0.05) is 97.1 Å². The minimum Gasteiger partial charge on any atom is -0.166 e. The fourth-order valence-electron chi connectivity index (χ4n) is 6.03. The van der Waals surface area contributed by atoms with Crippen LogP contribution in [0.2, 0.25) is 0 Å². The van der Waals surface area contributed by atoms with Crippen LogP contribution in [0.15, 0.2) is 133 Å². The summed E-state index contributed by atoms with van der Waals surface area (Å²) in [5.74, 6) is 0. The molecule has 7 aromatic carbocycles. The van der Waals surface area contributed by atoms with Gasteiger partial charge in [0.05, 0.1) is 11.1 Å². The van der Waals surface area contributed by atoms with Crippen LogP contribution in [0.1, 0.15) is 11.1 Å². The summed E-state index contributed by atoms with van der Waals surface area (Å²) < 4.78 is 81.1. The van der Waals surface area contributed by atoms with E-state index in [1.165, 1.54) is 18.2 Å². The number of hydrogen-bond donors (Lipinski definition) is 0. The molecule has 0 spiro atoms. The second-order valence-corrected chi connectivity index (χ2v) is 10.8. The third-order valence-electron chi connectivity index (χ3n) is 8.09. The topological polar surface area (TPSA) is 0 Å². The molecule has 0 bridgehead atoms. The predicted octanol–water partition coefficient (Wildman–Crippen LogP) is 12.2. The summed E-state index contributed by atoms with van der Waals surface area (Å²) in [6.45, 7) is 0. The van der Waals surface area contributed by atoms with E-state index in [2.05, 4.69) is 6.07 Å². The van der Waals surface area contributed by atoms with Crippen LogP contribution in [-0.4, -0.2) is 0 Å². The summed E-state index contributed by atoms with van der Waals surface area (Å²) in [7, 11) is 0. The third-order valence-corrected chi connectivity index (χ3v) is 8.09. The fourth-order valence-corrected chi connectivity index (χ4v) is 6.03. The van der Waals surface area contributed by atoms with Crippen molar-refractivity contribution in [1.29, 1.82) is 0 Å². The van der Waals surface area contributed by atoms with Gasteiger partial charge in [0.25, 0.3) is 0 Å². The molecule has 0 saturated heterocycles. The Kier molecular flexibility index (Phi) is 6.47. The summed E-state index contributed by atoms with van der Waals surface area (Å²) >= 11 is 0. The molecule has 7 aromatic rings. The molecule has 0 radical (unpaired) electrons. The molecule has 0 unspecified atom stereocenters. The van der Waals surface area contributed by atoms with Crippen LogP contribution in [0.3, 0.4) is 0 Å². The molecule has 0 fully saturated rings. The number of benzene rings is 7. The number of alkyl halides is 6. The molecule has 0 atom stereocenters. The maximum Gasteiger partial charge on any atom is 0.416 e. The zero-order valence-corrected chi connectivity index (χ0v) is 23.0. The Balaban J connectivity index is 1.56.